The van der Waals surface area contributed by atoms with Gasteiger partial charge >= 0.3 is 0 Å². The minimum atomic E-state index is -0.232. The zero-order valence-electron chi connectivity index (χ0n) is 10.4. The maximum atomic E-state index is 11.2. The number of carbonyl (C=O) groups excluding carboxylic acids is 1. The number of amides is 1. The molecule has 100 valence electrons. The standard InChI is InChI=1S/C13H20N2O2S/c14-13(16)7-12(11-1-4-17-5-2-11)15-8-10-3-6-18-9-10/h3,6,9,11-12,15H,1-2,4-5,7-8H2,(H2,14,16)/t12-/m0/s1. The Bertz CT molecular complexity index is 361. The van der Waals surface area contributed by atoms with Crippen molar-refractivity contribution in [1.82, 2.24) is 5.32 Å². The van der Waals surface area contributed by atoms with E-state index < -0.39 is 0 Å². The molecular formula is C13H20N2O2S. The number of hydrogen-bond acceptors (Lipinski definition) is 4. The number of hydrogen-bond donors (Lipinski definition) is 2. The number of carbonyl (C=O) groups is 1. The molecule has 1 aliphatic heterocycles. The van der Waals surface area contributed by atoms with Crippen molar-refractivity contribution in [2.75, 3.05) is 13.2 Å². The van der Waals surface area contributed by atoms with Crippen LogP contribution in [0.25, 0.3) is 0 Å². The minimum absolute atomic E-state index is 0.172. The molecule has 0 radical (unpaired) electrons. The lowest BCUT2D eigenvalue weighted by Crippen LogP contribution is -2.41. The number of rotatable bonds is 6. The Balaban J connectivity index is 1.89. The largest absolute Gasteiger partial charge is 0.381 e. The van der Waals surface area contributed by atoms with Gasteiger partial charge in [-0.25, -0.2) is 0 Å². The van der Waals surface area contributed by atoms with Gasteiger partial charge in [0.25, 0.3) is 0 Å². The Kier molecular flexibility index (Phi) is 5.16. The molecule has 1 aromatic rings. The SMILES string of the molecule is NC(=O)C[C@H](NCc1ccsc1)C1CCOCC1. The van der Waals surface area contributed by atoms with Crippen LogP contribution < -0.4 is 11.1 Å². The van der Waals surface area contributed by atoms with E-state index in [1.54, 1.807) is 11.3 Å². The fourth-order valence-corrected chi connectivity index (χ4v) is 3.05. The smallest absolute Gasteiger partial charge is 0.218 e. The van der Waals surface area contributed by atoms with Crippen LogP contribution in [0.2, 0.25) is 0 Å². The average molecular weight is 268 g/mol. The second kappa shape index (κ2) is 6.87. The van der Waals surface area contributed by atoms with Gasteiger partial charge in [0.05, 0.1) is 0 Å². The van der Waals surface area contributed by atoms with Gasteiger partial charge in [0.15, 0.2) is 0 Å². The van der Waals surface area contributed by atoms with Crippen LogP contribution in [0.5, 0.6) is 0 Å². The van der Waals surface area contributed by atoms with Crippen LogP contribution in [-0.4, -0.2) is 25.2 Å². The summed E-state index contributed by atoms with van der Waals surface area (Å²) in [5.74, 6) is 0.259. The van der Waals surface area contributed by atoms with E-state index in [1.807, 2.05) is 0 Å². The van der Waals surface area contributed by atoms with E-state index in [2.05, 4.69) is 22.1 Å². The maximum absolute atomic E-state index is 11.2. The highest BCUT2D eigenvalue weighted by Gasteiger charge is 2.25. The molecule has 0 aliphatic carbocycles. The molecule has 0 spiro atoms. The number of thiophene rings is 1. The van der Waals surface area contributed by atoms with E-state index in [-0.39, 0.29) is 11.9 Å². The van der Waals surface area contributed by atoms with Gasteiger partial charge in [-0.2, -0.15) is 11.3 Å². The van der Waals surface area contributed by atoms with E-state index in [1.165, 1.54) is 5.56 Å². The lowest BCUT2D eigenvalue weighted by molar-refractivity contribution is -0.119. The molecule has 0 bridgehead atoms. The predicted octanol–water partition coefficient (Wildman–Crippen LogP) is 1.51. The molecule has 18 heavy (non-hydrogen) atoms. The molecule has 3 N–H and O–H groups in total. The topological polar surface area (TPSA) is 64.4 Å². The van der Waals surface area contributed by atoms with Gasteiger partial charge in [-0.15, -0.1) is 0 Å². The summed E-state index contributed by atoms with van der Waals surface area (Å²) in [6, 6.07) is 2.27. The fraction of sp³-hybridized carbons (Fsp3) is 0.615. The second-order valence-electron chi connectivity index (χ2n) is 4.74. The third kappa shape index (κ3) is 4.08. The van der Waals surface area contributed by atoms with Gasteiger partial charge in [0.1, 0.15) is 0 Å². The molecule has 1 fully saturated rings. The van der Waals surface area contributed by atoms with Gasteiger partial charge < -0.3 is 15.8 Å². The Morgan fingerprint density at radius 2 is 2.33 bits per heavy atom. The van der Waals surface area contributed by atoms with Crippen LogP contribution in [0.15, 0.2) is 16.8 Å². The van der Waals surface area contributed by atoms with Crippen molar-refractivity contribution in [1.29, 1.82) is 0 Å². The highest BCUT2D eigenvalue weighted by Crippen LogP contribution is 2.21. The summed E-state index contributed by atoms with van der Waals surface area (Å²) in [4.78, 5) is 11.2. The number of nitrogens with one attached hydrogen (secondary N) is 1. The van der Waals surface area contributed by atoms with E-state index in [0.29, 0.717) is 12.3 Å². The van der Waals surface area contributed by atoms with E-state index >= 15 is 0 Å². The van der Waals surface area contributed by atoms with Gasteiger partial charge in [-0.1, -0.05) is 0 Å². The third-order valence-electron chi connectivity index (χ3n) is 3.40. The van der Waals surface area contributed by atoms with Crippen LogP contribution in [0, 0.1) is 5.92 Å². The monoisotopic (exact) mass is 268 g/mol. The number of primary amides is 1. The molecule has 1 aliphatic rings. The number of nitrogens with two attached hydrogens (primary N) is 1. The Labute approximate surface area is 112 Å². The van der Waals surface area contributed by atoms with Gasteiger partial charge in [-0.05, 0) is 41.1 Å². The van der Waals surface area contributed by atoms with Crippen molar-refractivity contribution < 1.29 is 9.53 Å². The molecule has 4 nitrogen and oxygen atoms in total. The van der Waals surface area contributed by atoms with Gasteiger partial charge in [-0.3, -0.25) is 4.79 Å². The van der Waals surface area contributed by atoms with Gasteiger partial charge in [0, 0.05) is 32.2 Å². The highest BCUT2D eigenvalue weighted by atomic mass is 32.1. The van der Waals surface area contributed by atoms with Crippen LogP contribution in [0.1, 0.15) is 24.8 Å². The summed E-state index contributed by atoms with van der Waals surface area (Å²) in [6.07, 6.45) is 2.43. The molecule has 1 aromatic heterocycles. The fourth-order valence-electron chi connectivity index (χ4n) is 2.38. The van der Waals surface area contributed by atoms with Crippen LogP contribution >= 0.6 is 11.3 Å². The second-order valence-corrected chi connectivity index (χ2v) is 5.52. The minimum Gasteiger partial charge on any atom is -0.381 e. The molecular weight excluding hydrogens is 248 g/mol. The van der Waals surface area contributed by atoms with E-state index in [4.69, 9.17) is 10.5 Å². The molecule has 5 heteroatoms. The van der Waals surface area contributed by atoms with Gasteiger partial charge in [0.2, 0.25) is 5.91 Å². The van der Waals surface area contributed by atoms with Crippen LogP contribution in [0.3, 0.4) is 0 Å². The molecule has 1 amide bonds. The van der Waals surface area contributed by atoms with Crippen molar-refractivity contribution in [3.05, 3.63) is 22.4 Å². The first kappa shape index (κ1) is 13.5. The Morgan fingerprint density at radius 3 is 2.94 bits per heavy atom. The van der Waals surface area contributed by atoms with E-state index in [0.717, 1.165) is 32.6 Å². The third-order valence-corrected chi connectivity index (χ3v) is 4.14. The Hall–Kier alpha value is -0.910. The van der Waals surface area contributed by atoms with Crippen molar-refractivity contribution in [2.45, 2.75) is 31.8 Å². The van der Waals surface area contributed by atoms with Crippen molar-refractivity contribution in [2.24, 2.45) is 11.7 Å². The molecule has 1 saturated heterocycles. The van der Waals surface area contributed by atoms with Crippen molar-refractivity contribution in [3.8, 4) is 0 Å². The number of ether oxygens (including phenoxy) is 1. The zero-order valence-corrected chi connectivity index (χ0v) is 11.2. The molecule has 0 saturated carbocycles. The lowest BCUT2D eigenvalue weighted by Gasteiger charge is -2.30. The first-order valence-electron chi connectivity index (χ1n) is 6.36. The molecule has 0 unspecified atom stereocenters. The van der Waals surface area contributed by atoms with Crippen LogP contribution in [0.4, 0.5) is 0 Å². The van der Waals surface area contributed by atoms with Crippen molar-refractivity contribution in [3.63, 3.8) is 0 Å². The molecule has 0 aromatic carbocycles. The first-order chi connectivity index (χ1) is 8.75. The summed E-state index contributed by atoms with van der Waals surface area (Å²) in [5.41, 5.74) is 6.61. The Morgan fingerprint density at radius 1 is 1.56 bits per heavy atom. The predicted molar refractivity (Wildman–Crippen MR) is 72.3 cm³/mol. The maximum Gasteiger partial charge on any atom is 0.218 e. The zero-order chi connectivity index (χ0) is 12.8. The summed E-state index contributed by atoms with van der Waals surface area (Å²) in [7, 11) is 0. The lowest BCUT2D eigenvalue weighted by atomic mass is 9.89. The highest BCUT2D eigenvalue weighted by molar-refractivity contribution is 7.07. The van der Waals surface area contributed by atoms with E-state index in [9.17, 15) is 4.79 Å². The van der Waals surface area contributed by atoms with Crippen molar-refractivity contribution >= 4 is 17.2 Å². The summed E-state index contributed by atoms with van der Waals surface area (Å²) >= 11 is 1.69. The summed E-state index contributed by atoms with van der Waals surface area (Å²) in [6.45, 7) is 2.39. The molecule has 1 atom stereocenters. The average Bonchev–Trinajstić information content (AvgIpc) is 2.88. The van der Waals surface area contributed by atoms with Crippen LogP contribution in [-0.2, 0) is 16.1 Å². The summed E-state index contributed by atoms with van der Waals surface area (Å²) in [5, 5.41) is 7.66. The normalized spacial score (nSPS) is 18.7. The summed E-state index contributed by atoms with van der Waals surface area (Å²) < 4.78 is 5.36. The quantitative estimate of drug-likeness (QED) is 0.822. The molecule has 2 heterocycles. The molecule has 2 rings (SSSR count). The first-order valence-corrected chi connectivity index (χ1v) is 7.30.